The van der Waals surface area contributed by atoms with Crippen molar-refractivity contribution in [2.24, 2.45) is 37.9 Å². The summed E-state index contributed by atoms with van der Waals surface area (Å²) in [6, 6.07) is 0. The molecule has 0 bridgehead atoms. The molecule has 780 valence electrons. The van der Waals surface area contributed by atoms with Crippen molar-refractivity contribution in [1.82, 2.24) is 49.4 Å². The number of piperazine rings is 1. The van der Waals surface area contributed by atoms with Gasteiger partial charge in [-0.05, 0) is 97.6 Å². The van der Waals surface area contributed by atoms with Gasteiger partial charge in [-0.2, -0.15) is 10.5 Å². The maximum Gasteiger partial charge on any atom is 0.0978 e. The summed E-state index contributed by atoms with van der Waals surface area (Å²) in [5, 5.41) is 12.6. The molecule has 0 spiro atoms. The minimum atomic E-state index is -0.481. The van der Waals surface area contributed by atoms with Gasteiger partial charge in [-0.3, -0.25) is 24.8 Å². The number of aromatic nitrogens is 5. The Morgan fingerprint density at radius 1 is 0.362 bits per heavy atom. The van der Waals surface area contributed by atoms with E-state index in [9.17, 15) is 5.11 Å². The van der Waals surface area contributed by atoms with Gasteiger partial charge in [0.05, 0.1) is 41.8 Å². The summed E-state index contributed by atoms with van der Waals surface area (Å²) in [5.74, 6) is 6.76. The Kier molecular flexibility index (Phi) is 137. The summed E-state index contributed by atoms with van der Waals surface area (Å²) in [7, 11) is 4.40. The Hall–Kier alpha value is -2.31. The van der Waals surface area contributed by atoms with Gasteiger partial charge in [0, 0.05) is 162 Å². The van der Waals surface area contributed by atoms with E-state index in [1.165, 1.54) is 127 Å². The minimum absolute atomic E-state index is 0.119. The summed E-state index contributed by atoms with van der Waals surface area (Å²) in [4.78, 5) is 33.2. The second kappa shape index (κ2) is 106. The van der Waals surface area contributed by atoms with Crippen molar-refractivity contribution >= 4 is 27.7 Å². The van der Waals surface area contributed by atoms with Gasteiger partial charge in [0.2, 0.25) is 0 Å². The van der Waals surface area contributed by atoms with E-state index in [0.29, 0.717) is 48.4 Å². The average Bonchev–Trinajstić information content (AvgIpc) is 1.78. The molecule has 4 fully saturated rings. The van der Waals surface area contributed by atoms with Gasteiger partial charge in [0.15, 0.2) is 0 Å². The Bertz CT molecular complexity index is 2260. The number of hydrogen-bond donors (Lipinski definition) is 1. The number of likely N-dealkylation sites (N-methyl/N-ethyl adjacent to an activating group) is 1. The summed E-state index contributed by atoms with van der Waals surface area (Å²) in [6.45, 7) is 149. The zero-order valence-corrected chi connectivity index (χ0v) is 102. The number of hydrogen-bond acceptors (Lipinski definition) is 14. The highest BCUT2D eigenvalue weighted by Crippen LogP contribution is 2.27. The molecule has 3 aromatic rings. The maximum absolute atomic E-state index is 9.41. The van der Waals surface area contributed by atoms with Crippen LogP contribution in [-0.4, -0.2) is 203 Å². The molecule has 4 aliphatic rings. The van der Waals surface area contributed by atoms with Crippen LogP contribution >= 0.6 is 21.8 Å². The molecule has 0 aliphatic carbocycles. The van der Waals surface area contributed by atoms with Crippen LogP contribution in [0.1, 0.15) is 484 Å². The molecule has 0 unspecified atom stereocenters. The van der Waals surface area contributed by atoms with Crippen LogP contribution in [0.2, 0.25) is 0 Å². The first-order chi connectivity index (χ1) is 58.7. The van der Waals surface area contributed by atoms with Crippen molar-refractivity contribution in [3.63, 3.8) is 0 Å². The quantitative estimate of drug-likeness (QED) is 0.216. The molecular weight excluding hydrogens is 1600 g/mol. The van der Waals surface area contributed by atoms with Crippen molar-refractivity contribution in [3.8, 4) is 0 Å². The van der Waals surface area contributed by atoms with Crippen LogP contribution in [0.4, 0.5) is 0 Å². The zero-order valence-electron chi connectivity index (χ0n) is 100. The first-order valence-corrected chi connectivity index (χ1v) is 54.6. The fraction of sp³-hybridized carbons (Fsp3) is 0.893. The van der Waals surface area contributed by atoms with E-state index in [0.717, 1.165) is 57.1 Å². The van der Waals surface area contributed by atoms with Crippen molar-refractivity contribution < 1.29 is 14.6 Å². The predicted octanol–water partition coefficient (Wildman–Crippen LogP) is 34.7. The Morgan fingerprint density at radius 3 is 0.850 bits per heavy atom. The number of nitrogens with zero attached hydrogens (tertiary/aromatic N) is 10. The monoisotopic (exact) mass is 1850 g/mol. The van der Waals surface area contributed by atoms with Crippen LogP contribution in [-0.2, 0) is 25.7 Å². The van der Waals surface area contributed by atoms with Crippen molar-refractivity contribution in [3.05, 3.63) is 65.2 Å². The first kappa shape index (κ1) is 164. The number of aliphatic hydroxyl groups is 1. The second-order valence-corrected chi connectivity index (χ2v) is 43.2. The summed E-state index contributed by atoms with van der Waals surface area (Å²) < 4.78 is 10.2. The fourth-order valence-corrected chi connectivity index (χ4v) is 11.9. The lowest BCUT2D eigenvalue weighted by Gasteiger charge is -2.36. The number of thiazole rings is 1. The number of piperidine rings is 1. The minimum Gasteiger partial charge on any atom is -0.390 e. The lowest BCUT2D eigenvalue weighted by Crippen LogP contribution is -2.47. The van der Waals surface area contributed by atoms with E-state index in [4.69, 9.17) is 9.47 Å². The molecule has 7 rings (SSSR count). The number of morpholine rings is 1. The third-order valence-corrected chi connectivity index (χ3v) is 18.1. The van der Waals surface area contributed by atoms with Crippen LogP contribution in [0.5, 0.6) is 0 Å². The molecule has 15 heteroatoms. The van der Waals surface area contributed by atoms with Crippen LogP contribution in [0.3, 0.4) is 0 Å². The van der Waals surface area contributed by atoms with E-state index in [-0.39, 0.29) is 16.2 Å². The number of likely N-dealkylation sites (tertiary alicyclic amines) is 1. The van der Waals surface area contributed by atoms with Crippen LogP contribution in [0, 0.1) is 37.9 Å². The van der Waals surface area contributed by atoms with Gasteiger partial charge < -0.3 is 34.2 Å². The van der Waals surface area contributed by atoms with Gasteiger partial charge in [0.1, 0.15) is 0 Å². The van der Waals surface area contributed by atoms with E-state index in [1.54, 1.807) is 55.6 Å². The lowest BCUT2D eigenvalue weighted by atomic mass is 9.87. The van der Waals surface area contributed by atoms with Gasteiger partial charge in [-0.15, -0.1) is 11.3 Å². The van der Waals surface area contributed by atoms with Crippen LogP contribution in [0.25, 0.3) is 0 Å². The molecule has 0 atom stereocenters. The van der Waals surface area contributed by atoms with Gasteiger partial charge >= 0.3 is 0 Å². The SMILES string of the molecule is C=S1CCN(CC(C)(C)C)CC1.CC.CC.CC.CC.CC.CC.CC.CC.CC.CC.CC.CC.CC.CC.CC(C)(C)CCCC(C)(C)O.CC(C)(C)CN1CCCCC1.CC(C)(C)CN1CCOCC1.CC(C)(C)c1cnccn1.CC(C)(C)c1cnccn1.CC(C)(C)c1nccs1.CCC(C)(C)C.CN1CCN(CC(C)(C)C)CC1.COCC(C)(C)C. The smallest absolute Gasteiger partial charge is 0.0978 e. The molecule has 127 heavy (non-hydrogen) atoms. The molecule has 7 heterocycles. The molecule has 4 aliphatic heterocycles. The maximum atomic E-state index is 9.41. The molecule has 3 aromatic heterocycles. The number of ether oxygens (including phenoxy) is 2. The van der Waals surface area contributed by atoms with E-state index in [2.05, 4.69) is 277 Å². The normalized spacial score (nSPS) is 13.9. The van der Waals surface area contributed by atoms with Crippen LogP contribution in [0.15, 0.2) is 48.8 Å². The highest BCUT2D eigenvalue weighted by atomic mass is 32.2. The molecular formula is C112H252N10O3S2. The van der Waals surface area contributed by atoms with Crippen LogP contribution < -0.4 is 0 Å². The largest absolute Gasteiger partial charge is 0.390 e. The summed E-state index contributed by atoms with van der Waals surface area (Å²) in [5.41, 5.74) is 5.16. The van der Waals surface area contributed by atoms with E-state index in [1.807, 2.05) is 219 Å². The first-order valence-electron chi connectivity index (χ1n) is 52.0. The van der Waals surface area contributed by atoms with E-state index < -0.39 is 5.60 Å². The van der Waals surface area contributed by atoms with Crippen molar-refractivity contribution in [1.29, 1.82) is 0 Å². The van der Waals surface area contributed by atoms with Gasteiger partial charge in [-0.1, -0.05) is 434 Å². The molecule has 1 N–H and O–H groups in total. The Morgan fingerprint density at radius 2 is 0.654 bits per heavy atom. The highest BCUT2D eigenvalue weighted by molar-refractivity contribution is 8.14. The Balaban J connectivity index is -0.0000000686. The molecule has 0 saturated carbocycles. The number of methoxy groups -OCH3 is 1. The van der Waals surface area contributed by atoms with Crippen molar-refractivity contribution in [2.45, 2.75) is 489 Å². The molecule has 0 radical (unpaired) electrons. The molecule has 13 nitrogen and oxygen atoms in total. The third kappa shape index (κ3) is 152. The predicted molar refractivity (Wildman–Crippen MR) is 602 cm³/mol. The molecule has 0 aromatic carbocycles. The van der Waals surface area contributed by atoms with Crippen molar-refractivity contribution in [2.75, 3.05) is 137 Å². The average molecular weight is 1850 g/mol. The fourth-order valence-electron chi connectivity index (χ4n) is 9.91. The molecule has 4 saturated heterocycles. The summed E-state index contributed by atoms with van der Waals surface area (Å²) in [6.07, 6.45) is 21.0. The zero-order chi connectivity index (χ0) is 105. The number of rotatable bonds is 8. The topological polar surface area (TPSA) is 119 Å². The van der Waals surface area contributed by atoms with Gasteiger partial charge in [0.25, 0.3) is 0 Å². The highest BCUT2D eigenvalue weighted by Gasteiger charge is 2.24. The summed E-state index contributed by atoms with van der Waals surface area (Å²) >= 11 is 1.72. The Labute approximate surface area is 815 Å². The van der Waals surface area contributed by atoms with E-state index >= 15 is 0 Å². The third-order valence-electron chi connectivity index (χ3n) is 15.4. The molecule has 0 amide bonds. The lowest BCUT2D eigenvalue weighted by molar-refractivity contribution is 0.0236. The standard InChI is InChI=1S/C10H22N2.C10H21NS.C10H21N.C10H22O.C9H19NO.2C8H12N2.C7H11NS.C6H14O.C6H14.14C2H6/c1-10(2,3)9-12-7-5-11(4)6-8-12;1-10(2,3)9-11-5-7-12(4)8-6-11;1-10(2,3)9-11-7-5-4-6-8-11;1-9(2,3)7-6-8-10(4,5)11;1-9(2,3)8-10-4-6-11-7-5-10;2*1-8(2,3)7-6-9-4-5-10-7;1-7(2,3)6-8-4-5-9-6;1-6(2,3)5-7-4;1-5-6(2,3)4;14*1-2/h5-9H2,1-4H3;4-9H2,1-3H3;4-9H2,1-3H3;11H,6-8H2,1-5H3;4-8H2,1-3H3;2*4-6H,1-3H3;4-5H,1-3H3;5H2,1-4H3;5H2,1-4H3;14*1-2H3. The van der Waals surface area contributed by atoms with Gasteiger partial charge in [-0.25, -0.2) is 4.98 Å². The second-order valence-electron chi connectivity index (χ2n) is 40.2.